The molecule has 1 amide bonds. The summed E-state index contributed by atoms with van der Waals surface area (Å²) < 4.78 is 1.53. The van der Waals surface area contributed by atoms with Crippen LogP contribution in [0.2, 0.25) is 5.02 Å². The smallest absolute Gasteiger partial charge is 0.266 e. The molecule has 0 radical (unpaired) electrons. The number of amides is 1. The van der Waals surface area contributed by atoms with Crippen molar-refractivity contribution in [1.29, 1.82) is 0 Å². The zero-order valence-corrected chi connectivity index (χ0v) is 18.5. The van der Waals surface area contributed by atoms with Crippen LogP contribution in [0.5, 0.6) is 0 Å². The molecule has 30 heavy (non-hydrogen) atoms. The van der Waals surface area contributed by atoms with Crippen LogP contribution in [0.3, 0.4) is 0 Å². The Balaban J connectivity index is 1.56. The molecule has 0 bridgehead atoms. The lowest BCUT2D eigenvalue weighted by molar-refractivity contribution is -0.127. The molecule has 2 aliphatic rings. The summed E-state index contributed by atoms with van der Waals surface area (Å²) in [5.41, 5.74) is 1.37. The molecule has 2 saturated carbocycles. The van der Waals surface area contributed by atoms with Crippen molar-refractivity contribution in [1.82, 2.24) is 15.1 Å². The second-order valence-electron chi connectivity index (χ2n) is 9.17. The number of halogens is 1. The van der Waals surface area contributed by atoms with Gasteiger partial charge in [0.05, 0.1) is 23.7 Å². The third kappa shape index (κ3) is 4.31. The normalized spacial score (nSPS) is 19.1. The third-order valence-electron chi connectivity index (χ3n) is 6.66. The van der Waals surface area contributed by atoms with Crippen molar-refractivity contribution in [3.8, 4) is 0 Å². The van der Waals surface area contributed by atoms with Crippen LogP contribution < -0.4 is 10.9 Å². The standard InChI is InChI=1S/C24H30ClN3O2/c1-16(2)21(15-28-22(29)12-11-20(27-28)17-5-6-17)26-23(30)24(13-3-4-14-24)18-7-9-19(25)10-8-18/h7-12,16-17,21H,3-6,13-15H2,1-2H3,(H,26,30)/t21-/m0/s1. The average molecular weight is 428 g/mol. The van der Waals surface area contributed by atoms with Crippen molar-refractivity contribution in [2.24, 2.45) is 5.92 Å². The predicted molar refractivity (Wildman–Crippen MR) is 119 cm³/mol. The van der Waals surface area contributed by atoms with E-state index >= 15 is 0 Å². The Hall–Kier alpha value is -2.14. The lowest BCUT2D eigenvalue weighted by atomic mass is 9.77. The monoisotopic (exact) mass is 427 g/mol. The van der Waals surface area contributed by atoms with Crippen LogP contribution in [0.25, 0.3) is 0 Å². The maximum absolute atomic E-state index is 13.6. The summed E-state index contributed by atoms with van der Waals surface area (Å²) in [5, 5.41) is 8.54. The predicted octanol–water partition coefficient (Wildman–Crippen LogP) is 4.43. The molecule has 2 fully saturated rings. The van der Waals surface area contributed by atoms with Gasteiger partial charge in [-0.1, -0.05) is 50.4 Å². The Morgan fingerprint density at radius 3 is 2.43 bits per heavy atom. The van der Waals surface area contributed by atoms with E-state index in [4.69, 9.17) is 11.6 Å². The van der Waals surface area contributed by atoms with E-state index in [1.807, 2.05) is 30.3 Å². The van der Waals surface area contributed by atoms with Gasteiger partial charge in [-0.2, -0.15) is 5.10 Å². The van der Waals surface area contributed by atoms with Gasteiger partial charge in [0.1, 0.15) is 0 Å². The molecule has 2 aliphatic carbocycles. The van der Waals surface area contributed by atoms with Crippen molar-refractivity contribution in [2.45, 2.75) is 76.3 Å². The molecule has 0 saturated heterocycles. The fourth-order valence-electron chi connectivity index (χ4n) is 4.50. The summed E-state index contributed by atoms with van der Waals surface area (Å²) in [6, 6.07) is 10.9. The number of aromatic nitrogens is 2. The molecule has 0 aliphatic heterocycles. The van der Waals surface area contributed by atoms with E-state index in [1.165, 1.54) is 4.68 Å². The summed E-state index contributed by atoms with van der Waals surface area (Å²) >= 11 is 6.07. The van der Waals surface area contributed by atoms with Crippen LogP contribution in [0.1, 0.15) is 69.5 Å². The Morgan fingerprint density at radius 1 is 1.17 bits per heavy atom. The molecule has 160 valence electrons. The van der Waals surface area contributed by atoms with E-state index in [1.54, 1.807) is 6.07 Å². The summed E-state index contributed by atoms with van der Waals surface area (Å²) in [6.07, 6.45) is 6.01. The number of hydrogen-bond donors (Lipinski definition) is 1. The Labute approximate surface area is 182 Å². The number of benzene rings is 1. The van der Waals surface area contributed by atoms with Crippen molar-refractivity contribution in [3.63, 3.8) is 0 Å². The zero-order valence-electron chi connectivity index (χ0n) is 17.7. The van der Waals surface area contributed by atoms with E-state index in [9.17, 15) is 9.59 Å². The van der Waals surface area contributed by atoms with Crippen molar-refractivity contribution in [2.75, 3.05) is 0 Å². The SMILES string of the molecule is CC(C)[C@H](Cn1nc(C2CC2)ccc1=O)NC(=O)C1(c2ccc(Cl)cc2)CCCC1. The third-order valence-corrected chi connectivity index (χ3v) is 6.91. The molecule has 5 nitrogen and oxygen atoms in total. The van der Waals surface area contributed by atoms with Crippen LogP contribution in [0, 0.1) is 5.92 Å². The van der Waals surface area contributed by atoms with Gasteiger partial charge >= 0.3 is 0 Å². The first-order valence-electron chi connectivity index (χ1n) is 11.0. The van der Waals surface area contributed by atoms with Gasteiger partial charge in [0, 0.05) is 17.0 Å². The zero-order chi connectivity index (χ0) is 21.3. The van der Waals surface area contributed by atoms with E-state index in [2.05, 4.69) is 24.3 Å². The molecule has 1 aromatic heterocycles. The van der Waals surface area contributed by atoms with Gasteiger partial charge in [-0.25, -0.2) is 4.68 Å². The van der Waals surface area contributed by atoms with Gasteiger partial charge in [0.2, 0.25) is 5.91 Å². The lowest BCUT2D eigenvalue weighted by Gasteiger charge is -2.32. The first-order chi connectivity index (χ1) is 14.4. The highest BCUT2D eigenvalue weighted by atomic mass is 35.5. The summed E-state index contributed by atoms with van der Waals surface area (Å²) in [6.45, 7) is 4.54. The highest BCUT2D eigenvalue weighted by Gasteiger charge is 2.43. The van der Waals surface area contributed by atoms with Crippen molar-refractivity contribution < 1.29 is 4.79 Å². The molecule has 1 aromatic carbocycles. The Morgan fingerprint density at radius 2 is 1.83 bits per heavy atom. The number of hydrogen-bond acceptors (Lipinski definition) is 3. The molecular formula is C24H30ClN3O2. The van der Waals surface area contributed by atoms with E-state index in [0.29, 0.717) is 17.5 Å². The van der Waals surface area contributed by atoms with Crippen LogP contribution in [0.4, 0.5) is 0 Å². The van der Waals surface area contributed by atoms with Gasteiger partial charge in [0.25, 0.3) is 5.56 Å². The molecule has 1 atom stereocenters. The first-order valence-corrected chi connectivity index (χ1v) is 11.4. The minimum atomic E-state index is -0.522. The van der Waals surface area contributed by atoms with Crippen LogP contribution in [-0.2, 0) is 16.8 Å². The largest absolute Gasteiger partial charge is 0.350 e. The molecule has 2 aromatic rings. The van der Waals surface area contributed by atoms with Gasteiger partial charge in [-0.15, -0.1) is 0 Å². The average Bonchev–Trinajstić information content (AvgIpc) is 3.45. The molecule has 6 heteroatoms. The number of rotatable bonds is 7. The van der Waals surface area contributed by atoms with E-state index in [0.717, 1.165) is 49.8 Å². The minimum Gasteiger partial charge on any atom is -0.350 e. The van der Waals surface area contributed by atoms with Gasteiger partial charge in [0.15, 0.2) is 0 Å². The van der Waals surface area contributed by atoms with Crippen molar-refractivity contribution in [3.05, 3.63) is 63.0 Å². The Kier molecular flexibility index (Phi) is 6.01. The fraction of sp³-hybridized carbons (Fsp3) is 0.542. The highest BCUT2D eigenvalue weighted by molar-refractivity contribution is 6.30. The molecule has 4 rings (SSSR count). The highest BCUT2D eigenvalue weighted by Crippen LogP contribution is 2.42. The summed E-state index contributed by atoms with van der Waals surface area (Å²) in [7, 11) is 0. The minimum absolute atomic E-state index is 0.0485. The number of carbonyl (C=O) groups excluding carboxylic acids is 1. The number of carbonyl (C=O) groups is 1. The molecule has 0 spiro atoms. The second kappa shape index (κ2) is 8.54. The van der Waals surface area contributed by atoms with Gasteiger partial charge in [-0.3, -0.25) is 9.59 Å². The maximum atomic E-state index is 13.6. The first kappa shape index (κ1) is 21.1. The quantitative estimate of drug-likeness (QED) is 0.711. The molecule has 1 heterocycles. The van der Waals surface area contributed by atoms with Gasteiger partial charge in [-0.05, 0) is 55.4 Å². The Bertz CT molecular complexity index is 957. The molecule has 1 N–H and O–H groups in total. The van der Waals surface area contributed by atoms with Crippen molar-refractivity contribution >= 4 is 17.5 Å². The summed E-state index contributed by atoms with van der Waals surface area (Å²) in [4.78, 5) is 26.0. The second-order valence-corrected chi connectivity index (χ2v) is 9.61. The van der Waals surface area contributed by atoms with Gasteiger partial charge < -0.3 is 5.32 Å². The number of nitrogens with zero attached hydrogens (tertiary/aromatic N) is 2. The molecule has 0 unspecified atom stereocenters. The van der Waals surface area contributed by atoms with Crippen LogP contribution >= 0.6 is 11.6 Å². The molecular weight excluding hydrogens is 398 g/mol. The summed E-state index contributed by atoms with van der Waals surface area (Å²) in [5.74, 6) is 0.707. The fourth-order valence-corrected chi connectivity index (χ4v) is 4.63. The van der Waals surface area contributed by atoms with Crippen LogP contribution in [0.15, 0.2) is 41.2 Å². The lowest BCUT2D eigenvalue weighted by Crippen LogP contribution is -2.51. The maximum Gasteiger partial charge on any atom is 0.266 e. The number of nitrogens with one attached hydrogen (secondary N) is 1. The topological polar surface area (TPSA) is 64.0 Å². The van der Waals surface area contributed by atoms with E-state index in [-0.39, 0.29) is 23.4 Å². The van der Waals surface area contributed by atoms with E-state index < -0.39 is 5.41 Å². The van der Waals surface area contributed by atoms with Crippen LogP contribution in [-0.4, -0.2) is 21.7 Å².